The number of hydrogen-bond donors (Lipinski definition) is 1. The highest BCUT2D eigenvalue weighted by Gasteiger charge is 2.24. The number of hydrogen-bond acceptors (Lipinski definition) is 1. The Bertz CT molecular complexity index is 336. The van der Waals surface area contributed by atoms with Crippen LogP contribution in [0.25, 0.3) is 6.08 Å². The lowest BCUT2D eigenvalue weighted by atomic mass is 10.1. The van der Waals surface area contributed by atoms with Gasteiger partial charge < -0.3 is 5.73 Å². The van der Waals surface area contributed by atoms with E-state index >= 15 is 0 Å². The molecule has 1 aromatic carbocycles. The summed E-state index contributed by atoms with van der Waals surface area (Å²) in [5.74, 6) is 0.493. The fourth-order valence-corrected chi connectivity index (χ4v) is 1.57. The van der Waals surface area contributed by atoms with E-state index in [1.165, 1.54) is 30.5 Å². The van der Waals surface area contributed by atoms with Crippen LogP contribution in [0.1, 0.15) is 18.4 Å². The summed E-state index contributed by atoms with van der Waals surface area (Å²) in [6.07, 6.45) is 4.59. The van der Waals surface area contributed by atoms with Crippen LogP contribution in [0.15, 0.2) is 29.8 Å². The van der Waals surface area contributed by atoms with Crippen molar-refractivity contribution in [3.05, 3.63) is 41.2 Å². The van der Waals surface area contributed by atoms with Crippen molar-refractivity contribution >= 4 is 6.08 Å². The smallest absolute Gasteiger partial charge is 0.123 e. The molecule has 0 atom stereocenters. The van der Waals surface area contributed by atoms with Crippen LogP contribution in [-0.2, 0) is 0 Å². The summed E-state index contributed by atoms with van der Waals surface area (Å²) in [4.78, 5) is 0. The molecule has 0 radical (unpaired) electrons. The number of rotatable bonds is 3. The van der Waals surface area contributed by atoms with Crippen molar-refractivity contribution in [2.75, 3.05) is 6.54 Å². The van der Waals surface area contributed by atoms with Gasteiger partial charge in [-0.25, -0.2) is 4.39 Å². The molecule has 1 aromatic rings. The quantitative estimate of drug-likeness (QED) is 0.780. The highest BCUT2D eigenvalue weighted by molar-refractivity contribution is 5.54. The van der Waals surface area contributed by atoms with Crippen molar-refractivity contribution in [2.24, 2.45) is 11.7 Å². The lowest BCUT2D eigenvalue weighted by Gasteiger charge is -2.01. The average Bonchev–Trinajstić information content (AvgIpc) is 3.01. The van der Waals surface area contributed by atoms with Gasteiger partial charge in [-0.15, -0.1) is 0 Å². The Morgan fingerprint density at radius 3 is 2.50 bits per heavy atom. The molecule has 0 heterocycles. The van der Waals surface area contributed by atoms with E-state index in [4.69, 9.17) is 5.73 Å². The van der Waals surface area contributed by atoms with E-state index in [1.54, 1.807) is 12.1 Å². The first kappa shape index (κ1) is 9.41. The second-order valence-corrected chi connectivity index (χ2v) is 3.75. The largest absolute Gasteiger partial charge is 0.327 e. The van der Waals surface area contributed by atoms with E-state index in [0.717, 1.165) is 5.56 Å². The van der Waals surface area contributed by atoms with E-state index in [2.05, 4.69) is 6.08 Å². The molecule has 0 aliphatic heterocycles. The van der Waals surface area contributed by atoms with Crippen molar-refractivity contribution in [3.8, 4) is 0 Å². The van der Waals surface area contributed by atoms with Gasteiger partial charge in [0.2, 0.25) is 0 Å². The van der Waals surface area contributed by atoms with Gasteiger partial charge in [0.1, 0.15) is 5.82 Å². The van der Waals surface area contributed by atoms with Gasteiger partial charge in [-0.1, -0.05) is 23.8 Å². The van der Waals surface area contributed by atoms with Gasteiger partial charge >= 0.3 is 0 Å². The van der Waals surface area contributed by atoms with E-state index < -0.39 is 0 Å². The molecule has 0 bridgehead atoms. The molecule has 1 fully saturated rings. The third kappa shape index (κ3) is 2.20. The molecule has 0 aromatic heterocycles. The first-order valence-electron chi connectivity index (χ1n) is 4.95. The topological polar surface area (TPSA) is 26.0 Å². The summed E-state index contributed by atoms with van der Waals surface area (Å²) in [5, 5.41) is 0. The molecule has 2 heteroatoms. The molecule has 1 nitrogen and oxygen atoms in total. The SMILES string of the molecule is NC/C(=C\c1ccc(F)cc1)C1CC1. The van der Waals surface area contributed by atoms with Crippen molar-refractivity contribution in [3.63, 3.8) is 0 Å². The molecule has 0 spiro atoms. The number of halogens is 1. The first-order chi connectivity index (χ1) is 6.79. The van der Waals surface area contributed by atoms with Crippen molar-refractivity contribution in [1.29, 1.82) is 0 Å². The zero-order valence-corrected chi connectivity index (χ0v) is 8.04. The molecular weight excluding hydrogens is 177 g/mol. The minimum absolute atomic E-state index is 0.192. The molecule has 0 amide bonds. The Kier molecular flexibility index (Phi) is 2.64. The maximum absolute atomic E-state index is 12.6. The van der Waals surface area contributed by atoms with E-state index in [1.807, 2.05) is 0 Å². The molecule has 2 N–H and O–H groups in total. The van der Waals surface area contributed by atoms with Gasteiger partial charge in [-0.2, -0.15) is 0 Å². The van der Waals surface area contributed by atoms with Gasteiger partial charge in [0.05, 0.1) is 0 Å². The Labute approximate surface area is 83.4 Å². The summed E-state index contributed by atoms with van der Waals surface area (Å²) in [7, 11) is 0. The lowest BCUT2D eigenvalue weighted by Crippen LogP contribution is -2.04. The molecule has 1 aliphatic carbocycles. The fourth-order valence-electron chi connectivity index (χ4n) is 1.57. The summed E-state index contributed by atoms with van der Waals surface area (Å²) in [6.45, 7) is 0.613. The molecule has 0 saturated heterocycles. The first-order valence-corrected chi connectivity index (χ1v) is 4.95. The standard InChI is InChI=1S/C12H14FN/c13-12-5-1-9(2-6-12)7-11(8-14)10-3-4-10/h1-2,5-7,10H,3-4,8,14H2/b11-7+. The molecule has 1 aliphatic rings. The number of benzene rings is 1. The van der Waals surface area contributed by atoms with E-state index in [9.17, 15) is 4.39 Å². The van der Waals surface area contributed by atoms with Gasteiger partial charge in [0.15, 0.2) is 0 Å². The van der Waals surface area contributed by atoms with Crippen LogP contribution >= 0.6 is 0 Å². The lowest BCUT2D eigenvalue weighted by molar-refractivity contribution is 0.627. The summed E-state index contributed by atoms with van der Waals surface area (Å²) in [5.41, 5.74) is 7.98. The van der Waals surface area contributed by atoms with Crippen LogP contribution in [0, 0.1) is 11.7 Å². The minimum atomic E-state index is -0.192. The third-order valence-corrected chi connectivity index (χ3v) is 2.56. The Morgan fingerprint density at radius 1 is 1.36 bits per heavy atom. The maximum Gasteiger partial charge on any atom is 0.123 e. The Balaban J connectivity index is 2.17. The van der Waals surface area contributed by atoms with Crippen LogP contribution in [-0.4, -0.2) is 6.54 Å². The van der Waals surface area contributed by atoms with Crippen LogP contribution in [0.5, 0.6) is 0 Å². The molecule has 1 saturated carbocycles. The Hall–Kier alpha value is -1.15. The van der Waals surface area contributed by atoms with Crippen LogP contribution < -0.4 is 5.73 Å². The molecule has 74 valence electrons. The van der Waals surface area contributed by atoms with Gasteiger partial charge in [0.25, 0.3) is 0 Å². The van der Waals surface area contributed by atoms with Gasteiger partial charge in [-0.3, -0.25) is 0 Å². The van der Waals surface area contributed by atoms with Crippen molar-refractivity contribution in [2.45, 2.75) is 12.8 Å². The van der Waals surface area contributed by atoms with Gasteiger partial charge in [-0.05, 0) is 36.5 Å². The summed E-state index contributed by atoms with van der Waals surface area (Å²) in [6, 6.07) is 6.53. The monoisotopic (exact) mass is 191 g/mol. The van der Waals surface area contributed by atoms with Crippen LogP contribution in [0.3, 0.4) is 0 Å². The second kappa shape index (κ2) is 3.93. The van der Waals surface area contributed by atoms with Crippen molar-refractivity contribution < 1.29 is 4.39 Å². The summed E-state index contributed by atoms with van der Waals surface area (Å²) < 4.78 is 12.6. The van der Waals surface area contributed by atoms with Crippen molar-refractivity contribution in [1.82, 2.24) is 0 Å². The van der Waals surface area contributed by atoms with E-state index in [-0.39, 0.29) is 5.82 Å². The van der Waals surface area contributed by atoms with Gasteiger partial charge in [0, 0.05) is 6.54 Å². The Morgan fingerprint density at radius 2 is 2.00 bits per heavy atom. The van der Waals surface area contributed by atoms with E-state index in [0.29, 0.717) is 12.5 Å². The fraction of sp³-hybridized carbons (Fsp3) is 0.333. The number of nitrogens with two attached hydrogens (primary N) is 1. The predicted molar refractivity (Wildman–Crippen MR) is 56.2 cm³/mol. The predicted octanol–water partition coefficient (Wildman–Crippen LogP) is 2.58. The highest BCUT2D eigenvalue weighted by Crippen LogP contribution is 2.36. The zero-order valence-electron chi connectivity index (χ0n) is 8.04. The molecule has 14 heavy (non-hydrogen) atoms. The molecule has 2 rings (SSSR count). The van der Waals surface area contributed by atoms with Crippen LogP contribution in [0.4, 0.5) is 4.39 Å². The zero-order chi connectivity index (χ0) is 9.97. The third-order valence-electron chi connectivity index (χ3n) is 2.56. The normalized spacial score (nSPS) is 17.1. The average molecular weight is 191 g/mol. The molecular formula is C12H14FN. The maximum atomic E-state index is 12.6. The van der Waals surface area contributed by atoms with Crippen LogP contribution in [0.2, 0.25) is 0 Å². The minimum Gasteiger partial charge on any atom is -0.327 e. The second-order valence-electron chi connectivity index (χ2n) is 3.75. The summed E-state index contributed by atoms with van der Waals surface area (Å²) >= 11 is 0. The molecule has 0 unspecified atom stereocenters. The highest BCUT2D eigenvalue weighted by atomic mass is 19.1.